The first-order valence-electron chi connectivity index (χ1n) is 9.66. The van der Waals surface area contributed by atoms with E-state index in [4.69, 9.17) is 37.6 Å². The number of carboxylic acids is 4. The van der Waals surface area contributed by atoms with Gasteiger partial charge in [0.1, 0.15) is 18.1 Å². The zero-order valence-corrected chi connectivity index (χ0v) is 18.9. The third-order valence-corrected chi connectivity index (χ3v) is 2.94. The van der Waals surface area contributed by atoms with Crippen molar-refractivity contribution in [3.63, 3.8) is 0 Å². The highest BCUT2D eigenvalue weighted by Gasteiger charge is 2.12. The molecular formula is C19H41N3O8. The Labute approximate surface area is 178 Å². The minimum Gasteiger partial charge on any atom is -0.481 e. The molecule has 0 radical (unpaired) electrons. The van der Waals surface area contributed by atoms with Gasteiger partial charge in [-0.3, -0.25) is 19.2 Å². The van der Waals surface area contributed by atoms with Gasteiger partial charge in [0.2, 0.25) is 0 Å². The highest BCUT2D eigenvalue weighted by molar-refractivity contribution is 5.73. The van der Waals surface area contributed by atoms with Crippen LogP contribution in [0.4, 0.5) is 0 Å². The molecule has 0 spiro atoms. The first-order chi connectivity index (χ1) is 13.5. The Hall–Kier alpha value is -2.24. The highest BCUT2D eigenvalue weighted by Crippen LogP contribution is 2.02. The van der Waals surface area contributed by atoms with Crippen LogP contribution in [-0.4, -0.2) is 62.4 Å². The lowest BCUT2D eigenvalue weighted by molar-refractivity contribution is -0.139. The number of rotatable bonds is 9. The maximum absolute atomic E-state index is 10.1. The summed E-state index contributed by atoms with van der Waals surface area (Å²) in [5.74, 6) is -2.79. The molecule has 3 unspecified atom stereocenters. The molecule has 180 valence electrons. The topological polar surface area (TPSA) is 227 Å². The molecule has 0 aliphatic heterocycles. The Kier molecular flexibility index (Phi) is 25.2. The minimum atomic E-state index is -0.963. The van der Waals surface area contributed by atoms with Gasteiger partial charge in [0.05, 0.1) is 0 Å². The average molecular weight is 440 g/mol. The molecule has 0 aromatic heterocycles. The molecule has 0 saturated heterocycles. The van der Waals surface area contributed by atoms with Crippen LogP contribution in [0.25, 0.3) is 0 Å². The fourth-order valence-electron chi connectivity index (χ4n) is 1.43. The van der Waals surface area contributed by atoms with Gasteiger partial charge in [-0.2, -0.15) is 0 Å². The van der Waals surface area contributed by atoms with Crippen LogP contribution in [0.15, 0.2) is 0 Å². The summed E-state index contributed by atoms with van der Waals surface area (Å²) >= 11 is 0. The van der Waals surface area contributed by atoms with E-state index in [-0.39, 0.29) is 0 Å². The smallest absolute Gasteiger partial charge is 0.320 e. The summed E-state index contributed by atoms with van der Waals surface area (Å²) in [5, 5.41) is 32.4. The lowest BCUT2D eigenvalue weighted by Gasteiger charge is -2.07. The van der Waals surface area contributed by atoms with Crippen molar-refractivity contribution in [1.29, 1.82) is 0 Å². The van der Waals surface area contributed by atoms with Crippen molar-refractivity contribution in [3.05, 3.63) is 0 Å². The van der Waals surface area contributed by atoms with Crippen LogP contribution in [0, 0.1) is 11.8 Å². The quantitative estimate of drug-likeness (QED) is 0.269. The summed E-state index contributed by atoms with van der Waals surface area (Å²) in [4.78, 5) is 39.4. The maximum atomic E-state index is 10.1. The molecule has 0 amide bonds. The largest absolute Gasteiger partial charge is 0.481 e. The van der Waals surface area contributed by atoms with E-state index in [1.54, 1.807) is 0 Å². The molecule has 0 aliphatic rings. The van der Waals surface area contributed by atoms with Gasteiger partial charge in [-0.15, -0.1) is 0 Å². The SMILES string of the molecule is CC(C)CC(N)C(=O)O.CC(C)CC(N)C(=O)O.CC(N)C(=O)O.CCCC(=O)O. The van der Waals surface area contributed by atoms with Crippen molar-refractivity contribution in [2.75, 3.05) is 0 Å². The van der Waals surface area contributed by atoms with Crippen LogP contribution < -0.4 is 17.2 Å². The molecule has 0 heterocycles. The van der Waals surface area contributed by atoms with Gasteiger partial charge in [-0.05, 0) is 38.0 Å². The first-order valence-corrected chi connectivity index (χ1v) is 9.66. The second kappa shape index (κ2) is 21.5. The molecule has 0 rings (SSSR count). The van der Waals surface area contributed by atoms with Gasteiger partial charge in [-0.25, -0.2) is 0 Å². The molecule has 0 aliphatic carbocycles. The van der Waals surface area contributed by atoms with E-state index in [2.05, 4.69) is 0 Å². The zero-order chi connectivity index (χ0) is 25.0. The number of hydrogen-bond donors (Lipinski definition) is 7. The molecule has 30 heavy (non-hydrogen) atoms. The van der Waals surface area contributed by atoms with Gasteiger partial charge in [0.15, 0.2) is 0 Å². The minimum absolute atomic E-state index is 0.292. The standard InChI is InChI=1S/2C6H13NO2.C4H8O2.C3H7NO2/c2*1-4(2)3-5(7)6(8)9;1-2-3-4(5)6;1-2(4)3(5)6/h2*4-5H,3,7H2,1-2H3,(H,8,9);2-3H2,1H3,(H,5,6);2H,4H2,1H3,(H,5,6). The number of nitrogens with two attached hydrogens (primary N) is 3. The molecule has 11 nitrogen and oxygen atoms in total. The van der Waals surface area contributed by atoms with E-state index in [0.717, 1.165) is 6.42 Å². The van der Waals surface area contributed by atoms with Crippen molar-refractivity contribution in [2.24, 2.45) is 29.0 Å². The first kappa shape index (κ1) is 35.2. The molecule has 11 heteroatoms. The summed E-state index contributed by atoms with van der Waals surface area (Å²) in [6.45, 7) is 11.0. The Morgan fingerprint density at radius 1 is 0.667 bits per heavy atom. The highest BCUT2D eigenvalue weighted by atomic mass is 16.4. The van der Waals surface area contributed by atoms with Crippen LogP contribution in [0.3, 0.4) is 0 Å². The predicted molar refractivity (Wildman–Crippen MR) is 114 cm³/mol. The van der Waals surface area contributed by atoms with E-state index in [1.165, 1.54) is 6.92 Å². The molecular weight excluding hydrogens is 398 g/mol. The Morgan fingerprint density at radius 2 is 0.933 bits per heavy atom. The summed E-state index contributed by atoms with van der Waals surface area (Å²) in [6, 6.07) is -2.11. The van der Waals surface area contributed by atoms with Crippen LogP contribution in [-0.2, 0) is 19.2 Å². The van der Waals surface area contributed by atoms with Gasteiger partial charge < -0.3 is 37.6 Å². The number of carbonyl (C=O) groups is 4. The summed E-state index contributed by atoms with van der Waals surface area (Å²) in [5.41, 5.74) is 15.3. The van der Waals surface area contributed by atoms with Crippen molar-refractivity contribution in [2.45, 2.75) is 85.4 Å². The van der Waals surface area contributed by atoms with Gasteiger partial charge in [0.25, 0.3) is 0 Å². The van der Waals surface area contributed by atoms with Crippen molar-refractivity contribution < 1.29 is 39.6 Å². The fraction of sp³-hybridized carbons (Fsp3) is 0.789. The molecule has 0 aromatic rings. The van der Waals surface area contributed by atoms with Gasteiger partial charge in [-0.1, -0.05) is 34.6 Å². The van der Waals surface area contributed by atoms with E-state index < -0.39 is 42.0 Å². The van der Waals surface area contributed by atoms with Gasteiger partial charge >= 0.3 is 23.9 Å². The molecule has 0 aromatic carbocycles. The predicted octanol–water partition coefficient (Wildman–Crippen LogP) is 1.18. The van der Waals surface area contributed by atoms with Crippen molar-refractivity contribution >= 4 is 23.9 Å². The Morgan fingerprint density at radius 3 is 0.967 bits per heavy atom. The van der Waals surface area contributed by atoms with Crippen LogP contribution in [0.5, 0.6) is 0 Å². The molecule has 10 N–H and O–H groups in total. The van der Waals surface area contributed by atoms with Gasteiger partial charge in [0, 0.05) is 6.42 Å². The molecule has 0 fully saturated rings. The van der Waals surface area contributed by atoms with Crippen molar-refractivity contribution in [1.82, 2.24) is 0 Å². The van der Waals surface area contributed by atoms with E-state index in [1.807, 2.05) is 34.6 Å². The molecule has 3 atom stereocenters. The van der Waals surface area contributed by atoms with Crippen LogP contribution >= 0.6 is 0 Å². The number of hydrogen-bond acceptors (Lipinski definition) is 7. The second-order valence-corrected chi connectivity index (χ2v) is 7.42. The van der Waals surface area contributed by atoms with E-state index in [9.17, 15) is 19.2 Å². The maximum Gasteiger partial charge on any atom is 0.320 e. The average Bonchev–Trinajstić information content (AvgIpc) is 2.54. The summed E-state index contributed by atoms with van der Waals surface area (Å²) < 4.78 is 0. The molecule has 0 saturated carbocycles. The Balaban J connectivity index is -0.000000153. The monoisotopic (exact) mass is 439 g/mol. The van der Waals surface area contributed by atoms with E-state index >= 15 is 0 Å². The lowest BCUT2D eigenvalue weighted by atomic mass is 10.1. The molecule has 0 bridgehead atoms. The van der Waals surface area contributed by atoms with Crippen LogP contribution in [0.1, 0.15) is 67.2 Å². The van der Waals surface area contributed by atoms with Crippen LogP contribution in [0.2, 0.25) is 0 Å². The van der Waals surface area contributed by atoms with Crippen molar-refractivity contribution in [3.8, 4) is 0 Å². The third kappa shape index (κ3) is 36.6. The lowest BCUT2D eigenvalue weighted by Crippen LogP contribution is -2.31. The third-order valence-electron chi connectivity index (χ3n) is 2.94. The number of aliphatic carboxylic acids is 4. The normalized spacial score (nSPS) is 12.6. The van der Waals surface area contributed by atoms with E-state index in [0.29, 0.717) is 31.1 Å². The summed E-state index contributed by atoms with van der Waals surface area (Å²) in [6.07, 6.45) is 2.12. The fourth-order valence-corrected chi connectivity index (χ4v) is 1.43. The Bertz CT molecular complexity index is 456. The summed E-state index contributed by atoms with van der Waals surface area (Å²) in [7, 11) is 0. The zero-order valence-electron chi connectivity index (χ0n) is 18.9. The second-order valence-electron chi connectivity index (χ2n) is 7.42. The number of carboxylic acid groups (broad SMARTS) is 4.